The topological polar surface area (TPSA) is 49.6 Å². The van der Waals surface area contributed by atoms with Gasteiger partial charge < -0.3 is 9.32 Å². The molecular formula is C22H21F2N3O2. The normalized spacial score (nSPS) is 15.3. The zero-order valence-electron chi connectivity index (χ0n) is 15.9. The Bertz CT molecular complexity index is 988. The third-order valence-electron chi connectivity index (χ3n) is 4.98. The van der Waals surface area contributed by atoms with E-state index in [0.717, 1.165) is 18.7 Å². The lowest BCUT2D eigenvalue weighted by atomic mass is 10.2. The second-order valence-corrected chi connectivity index (χ2v) is 7.08. The van der Waals surface area contributed by atoms with E-state index in [9.17, 15) is 13.6 Å². The summed E-state index contributed by atoms with van der Waals surface area (Å²) in [4.78, 5) is 21.1. The van der Waals surface area contributed by atoms with Gasteiger partial charge in [-0.15, -0.1) is 0 Å². The smallest absolute Gasteiger partial charge is 0.253 e. The summed E-state index contributed by atoms with van der Waals surface area (Å²) in [5.41, 5.74) is 1.86. The van der Waals surface area contributed by atoms with E-state index in [-0.39, 0.29) is 17.5 Å². The van der Waals surface area contributed by atoms with Gasteiger partial charge in [-0.1, -0.05) is 6.07 Å². The fraction of sp³-hybridized carbons (Fsp3) is 0.273. The van der Waals surface area contributed by atoms with Gasteiger partial charge in [-0.2, -0.15) is 0 Å². The molecule has 29 heavy (non-hydrogen) atoms. The molecule has 1 aromatic heterocycles. The molecule has 0 atom stereocenters. The summed E-state index contributed by atoms with van der Waals surface area (Å²) in [5.74, 6) is -0.376. The number of hydrogen-bond donors (Lipinski definition) is 0. The number of rotatable bonds is 4. The first kappa shape index (κ1) is 19.3. The number of carbonyl (C=O) groups is 1. The molecule has 3 aromatic rings. The van der Waals surface area contributed by atoms with E-state index in [1.54, 1.807) is 23.3 Å². The molecule has 0 bridgehead atoms. The first-order valence-electron chi connectivity index (χ1n) is 9.56. The Morgan fingerprint density at radius 2 is 1.83 bits per heavy atom. The van der Waals surface area contributed by atoms with Gasteiger partial charge in [0.25, 0.3) is 5.91 Å². The fourth-order valence-electron chi connectivity index (χ4n) is 3.47. The maximum Gasteiger partial charge on any atom is 0.253 e. The first-order chi connectivity index (χ1) is 14.1. The number of hydrogen-bond acceptors (Lipinski definition) is 4. The highest BCUT2D eigenvalue weighted by atomic mass is 19.1. The van der Waals surface area contributed by atoms with Gasteiger partial charge in [0.1, 0.15) is 17.9 Å². The van der Waals surface area contributed by atoms with Gasteiger partial charge in [0.05, 0.1) is 5.69 Å². The summed E-state index contributed by atoms with van der Waals surface area (Å²) in [6.07, 6.45) is 2.42. The lowest BCUT2D eigenvalue weighted by Crippen LogP contribution is -2.35. The number of halogens is 2. The molecule has 0 aliphatic carbocycles. The SMILES string of the molecule is O=C(c1ccc(F)cc1)N1CCCN(Cc2coc(-c3cccc(F)c3)n2)CC1. The van der Waals surface area contributed by atoms with Crippen LogP contribution in [0.25, 0.3) is 11.5 Å². The lowest BCUT2D eigenvalue weighted by Gasteiger charge is -2.21. The van der Waals surface area contributed by atoms with Crippen LogP contribution < -0.4 is 0 Å². The van der Waals surface area contributed by atoms with Crippen LogP contribution in [0.1, 0.15) is 22.5 Å². The molecule has 5 nitrogen and oxygen atoms in total. The Labute approximate surface area is 167 Å². The summed E-state index contributed by atoms with van der Waals surface area (Å²) >= 11 is 0. The zero-order chi connectivity index (χ0) is 20.2. The third-order valence-corrected chi connectivity index (χ3v) is 4.98. The van der Waals surface area contributed by atoms with Gasteiger partial charge in [0.2, 0.25) is 5.89 Å². The third kappa shape index (κ3) is 4.68. The number of aromatic nitrogens is 1. The summed E-state index contributed by atoms with van der Waals surface area (Å²) in [5, 5.41) is 0. The molecule has 0 saturated carbocycles. The van der Waals surface area contributed by atoms with E-state index in [1.807, 2.05) is 0 Å². The number of benzene rings is 2. The Hall–Kier alpha value is -3.06. The fourth-order valence-corrected chi connectivity index (χ4v) is 3.47. The Balaban J connectivity index is 1.37. The Morgan fingerprint density at radius 3 is 2.62 bits per heavy atom. The van der Waals surface area contributed by atoms with E-state index in [0.29, 0.717) is 43.2 Å². The quantitative estimate of drug-likeness (QED) is 0.669. The monoisotopic (exact) mass is 397 g/mol. The standard InChI is InChI=1S/C22H21F2N3O2/c23-18-7-5-16(6-8-18)22(28)27-10-2-9-26(11-12-27)14-20-15-29-21(25-20)17-3-1-4-19(24)13-17/h1,3-8,13,15H,2,9-12,14H2. The summed E-state index contributed by atoms with van der Waals surface area (Å²) in [6, 6.07) is 11.8. The van der Waals surface area contributed by atoms with Gasteiger partial charge >= 0.3 is 0 Å². The average molecular weight is 397 g/mol. The molecule has 1 amide bonds. The number of oxazole rings is 1. The Kier molecular flexibility index (Phi) is 5.67. The second kappa shape index (κ2) is 8.53. The highest BCUT2D eigenvalue weighted by Gasteiger charge is 2.21. The minimum Gasteiger partial charge on any atom is -0.444 e. The van der Waals surface area contributed by atoms with Crippen LogP contribution in [0.2, 0.25) is 0 Å². The molecule has 150 valence electrons. The highest BCUT2D eigenvalue weighted by Crippen LogP contribution is 2.20. The number of amides is 1. The predicted octanol–water partition coefficient (Wildman–Crippen LogP) is 3.97. The van der Waals surface area contributed by atoms with Gasteiger partial charge in [0.15, 0.2) is 0 Å². The molecule has 2 heterocycles. The van der Waals surface area contributed by atoms with Crippen LogP contribution in [0, 0.1) is 11.6 Å². The number of carbonyl (C=O) groups excluding carboxylic acids is 1. The number of nitrogens with zero attached hydrogens (tertiary/aromatic N) is 3. The van der Waals surface area contributed by atoms with Gasteiger partial charge in [0, 0.05) is 43.9 Å². The van der Waals surface area contributed by atoms with Crippen LogP contribution >= 0.6 is 0 Å². The van der Waals surface area contributed by atoms with Crippen molar-refractivity contribution in [1.82, 2.24) is 14.8 Å². The molecule has 0 radical (unpaired) electrons. The van der Waals surface area contributed by atoms with Gasteiger partial charge in [-0.3, -0.25) is 9.69 Å². The zero-order valence-corrected chi connectivity index (χ0v) is 15.9. The van der Waals surface area contributed by atoms with Crippen molar-refractivity contribution in [2.24, 2.45) is 0 Å². The molecule has 1 aliphatic heterocycles. The minimum absolute atomic E-state index is 0.0818. The van der Waals surface area contributed by atoms with Crippen molar-refractivity contribution >= 4 is 5.91 Å². The summed E-state index contributed by atoms with van der Waals surface area (Å²) in [6.45, 7) is 3.37. The van der Waals surface area contributed by atoms with E-state index in [4.69, 9.17) is 4.42 Å². The van der Waals surface area contributed by atoms with Crippen LogP contribution in [0.15, 0.2) is 59.2 Å². The van der Waals surface area contributed by atoms with E-state index < -0.39 is 0 Å². The maximum absolute atomic E-state index is 13.4. The molecule has 1 fully saturated rings. The Morgan fingerprint density at radius 1 is 1.00 bits per heavy atom. The summed E-state index contributed by atoms with van der Waals surface area (Å²) in [7, 11) is 0. The molecule has 4 rings (SSSR count). The molecule has 7 heteroatoms. The molecular weight excluding hydrogens is 376 g/mol. The second-order valence-electron chi connectivity index (χ2n) is 7.08. The average Bonchev–Trinajstić information content (AvgIpc) is 3.06. The largest absolute Gasteiger partial charge is 0.444 e. The molecule has 0 unspecified atom stereocenters. The van der Waals surface area contributed by atoms with Crippen LogP contribution in [0.3, 0.4) is 0 Å². The molecule has 2 aromatic carbocycles. The van der Waals surface area contributed by atoms with Crippen molar-refractivity contribution in [2.45, 2.75) is 13.0 Å². The van der Waals surface area contributed by atoms with E-state index in [2.05, 4.69) is 9.88 Å². The van der Waals surface area contributed by atoms with Crippen LogP contribution in [0.4, 0.5) is 8.78 Å². The minimum atomic E-state index is -0.353. The van der Waals surface area contributed by atoms with E-state index in [1.165, 1.54) is 36.4 Å². The van der Waals surface area contributed by atoms with Crippen LogP contribution in [0.5, 0.6) is 0 Å². The molecule has 1 aliphatic rings. The van der Waals surface area contributed by atoms with Crippen molar-refractivity contribution < 1.29 is 18.0 Å². The maximum atomic E-state index is 13.4. The highest BCUT2D eigenvalue weighted by molar-refractivity contribution is 5.94. The van der Waals surface area contributed by atoms with Crippen LogP contribution in [-0.4, -0.2) is 46.9 Å². The van der Waals surface area contributed by atoms with Gasteiger partial charge in [-0.05, 0) is 48.9 Å². The molecule has 0 spiro atoms. The van der Waals surface area contributed by atoms with E-state index >= 15 is 0 Å². The van der Waals surface area contributed by atoms with Crippen molar-refractivity contribution in [1.29, 1.82) is 0 Å². The van der Waals surface area contributed by atoms with Crippen molar-refractivity contribution in [3.05, 3.63) is 77.7 Å². The molecule has 0 N–H and O–H groups in total. The van der Waals surface area contributed by atoms with Crippen LogP contribution in [-0.2, 0) is 6.54 Å². The van der Waals surface area contributed by atoms with Gasteiger partial charge in [-0.25, -0.2) is 13.8 Å². The first-order valence-corrected chi connectivity index (χ1v) is 9.56. The van der Waals surface area contributed by atoms with Crippen molar-refractivity contribution in [2.75, 3.05) is 26.2 Å². The lowest BCUT2D eigenvalue weighted by molar-refractivity contribution is 0.0761. The predicted molar refractivity (Wildman–Crippen MR) is 104 cm³/mol. The summed E-state index contributed by atoms with van der Waals surface area (Å²) < 4.78 is 32.0. The molecule has 1 saturated heterocycles. The van der Waals surface area contributed by atoms with Crippen molar-refractivity contribution in [3.8, 4) is 11.5 Å². The van der Waals surface area contributed by atoms with Crippen molar-refractivity contribution in [3.63, 3.8) is 0 Å².